The fourth-order valence-corrected chi connectivity index (χ4v) is 5.63. The van der Waals surface area contributed by atoms with Crippen LogP contribution in [0.2, 0.25) is 0 Å². The van der Waals surface area contributed by atoms with Crippen molar-refractivity contribution in [1.29, 1.82) is 0 Å². The van der Waals surface area contributed by atoms with E-state index in [1.165, 1.54) is 22.4 Å². The molecule has 0 N–H and O–H groups in total. The number of benzene rings is 1. The first kappa shape index (κ1) is 25.4. The SMILES string of the molecule is C#CCN1C(=O)COc2cc(F)c(N3C(=O)C4=C(CCCC4)C3=O)cc21.c1cc[n+]2c(c1)-c1cccc[n+]1CC2. The van der Waals surface area contributed by atoms with Crippen molar-refractivity contribution in [2.75, 3.05) is 23.0 Å². The summed E-state index contributed by atoms with van der Waals surface area (Å²) >= 11 is 0. The van der Waals surface area contributed by atoms with E-state index in [0.29, 0.717) is 24.0 Å². The van der Waals surface area contributed by atoms with Crippen LogP contribution in [0.4, 0.5) is 15.8 Å². The molecule has 9 heteroatoms. The third-order valence-electron chi connectivity index (χ3n) is 7.58. The molecule has 0 bridgehead atoms. The standard InChI is InChI=1S/C19H15FN2O4.C12H12N2/c1-2-7-21-15-9-14(13(20)8-16(15)26-10-17(21)23)22-18(24)11-5-3-4-6-12(11)19(22)25;1-3-7-13-9-10-14-8-4-2-6-12(14)11(13)5-1/h1,8-9H,3-7,10H2;1-8H,9-10H2/q;+2. The Morgan fingerprint density at radius 1 is 0.875 bits per heavy atom. The number of halogens is 1. The second-order valence-corrected chi connectivity index (χ2v) is 9.91. The zero-order chi connectivity index (χ0) is 27.8. The molecule has 5 heterocycles. The highest BCUT2D eigenvalue weighted by atomic mass is 19.1. The topological polar surface area (TPSA) is 74.7 Å². The summed E-state index contributed by atoms with van der Waals surface area (Å²) in [7, 11) is 0. The van der Waals surface area contributed by atoms with Crippen LogP contribution in [0.5, 0.6) is 5.75 Å². The minimum atomic E-state index is -0.764. The Balaban J connectivity index is 0.000000173. The molecule has 1 aromatic carbocycles. The first-order valence-electron chi connectivity index (χ1n) is 13.3. The van der Waals surface area contributed by atoms with Crippen molar-refractivity contribution < 1.29 is 32.6 Å². The lowest BCUT2D eigenvalue weighted by Gasteiger charge is -2.29. The maximum atomic E-state index is 14.7. The molecule has 0 fully saturated rings. The molecule has 40 heavy (non-hydrogen) atoms. The molecule has 0 radical (unpaired) electrons. The first-order valence-corrected chi connectivity index (χ1v) is 13.3. The van der Waals surface area contributed by atoms with Crippen molar-refractivity contribution in [3.05, 3.63) is 77.9 Å². The molecular formula is C31H27FN4O4+2. The summed E-state index contributed by atoms with van der Waals surface area (Å²) in [6, 6.07) is 15.1. The number of hydrogen-bond acceptors (Lipinski definition) is 4. The molecule has 8 nitrogen and oxygen atoms in total. The van der Waals surface area contributed by atoms with Gasteiger partial charge in [0.15, 0.2) is 24.8 Å². The quantitative estimate of drug-likeness (QED) is 0.286. The van der Waals surface area contributed by atoms with Crippen LogP contribution >= 0.6 is 0 Å². The molecule has 1 aliphatic carbocycles. The van der Waals surface area contributed by atoms with Crippen molar-refractivity contribution in [3.8, 4) is 29.5 Å². The zero-order valence-electron chi connectivity index (χ0n) is 21.8. The van der Waals surface area contributed by atoms with E-state index in [-0.39, 0.29) is 36.2 Å². The number of hydrogen-bond donors (Lipinski definition) is 0. The van der Waals surface area contributed by atoms with Crippen LogP contribution in [0.25, 0.3) is 11.4 Å². The van der Waals surface area contributed by atoms with Gasteiger partial charge < -0.3 is 4.74 Å². The van der Waals surface area contributed by atoms with Gasteiger partial charge in [-0.25, -0.2) is 9.29 Å². The van der Waals surface area contributed by atoms with Gasteiger partial charge >= 0.3 is 0 Å². The lowest BCUT2D eigenvalue weighted by molar-refractivity contribution is -0.794. The summed E-state index contributed by atoms with van der Waals surface area (Å²) in [5.74, 6) is 0.406. The van der Waals surface area contributed by atoms with Gasteiger partial charge in [-0.05, 0) is 43.9 Å². The highest BCUT2D eigenvalue weighted by Gasteiger charge is 2.41. The molecule has 4 aliphatic rings. The van der Waals surface area contributed by atoms with E-state index in [1.54, 1.807) is 0 Å². The Morgan fingerprint density at radius 2 is 1.48 bits per heavy atom. The van der Waals surface area contributed by atoms with Crippen LogP contribution in [0.15, 0.2) is 72.1 Å². The zero-order valence-corrected chi connectivity index (χ0v) is 21.8. The van der Waals surface area contributed by atoms with E-state index in [0.717, 1.165) is 36.9 Å². The summed E-state index contributed by atoms with van der Waals surface area (Å²) in [4.78, 5) is 39.5. The fraction of sp³-hybridized carbons (Fsp3) is 0.258. The van der Waals surface area contributed by atoms with E-state index in [9.17, 15) is 18.8 Å². The number of rotatable bonds is 2. The number of fused-ring (bicyclic) bond motifs is 4. The smallest absolute Gasteiger partial charge is 0.277 e. The molecule has 0 spiro atoms. The number of ether oxygens (including phenoxy) is 1. The van der Waals surface area contributed by atoms with Crippen LogP contribution in [0, 0.1) is 18.2 Å². The minimum absolute atomic E-state index is 0.0170. The first-order chi connectivity index (χ1) is 19.5. The number of pyridine rings is 2. The summed E-state index contributed by atoms with van der Waals surface area (Å²) in [6.45, 7) is 1.87. The van der Waals surface area contributed by atoms with Gasteiger partial charge in [-0.3, -0.25) is 19.3 Å². The van der Waals surface area contributed by atoms with Crippen molar-refractivity contribution in [1.82, 2.24) is 0 Å². The molecule has 2 aromatic heterocycles. The monoisotopic (exact) mass is 538 g/mol. The van der Waals surface area contributed by atoms with Gasteiger partial charge in [0, 0.05) is 41.5 Å². The predicted octanol–water partition coefficient (Wildman–Crippen LogP) is 2.87. The van der Waals surface area contributed by atoms with Crippen LogP contribution in [-0.4, -0.2) is 30.9 Å². The van der Waals surface area contributed by atoms with Gasteiger partial charge in [0.05, 0.1) is 17.9 Å². The Morgan fingerprint density at radius 3 is 2.05 bits per heavy atom. The summed E-state index contributed by atoms with van der Waals surface area (Å²) in [6.07, 6.45) is 12.3. The van der Waals surface area contributed by atoms with Crippen LogP contribution < -0.4 is 23.7 Å². The van der Waals surface area contributed by atoms with E-state index in [4.69, 9.17) is 11.2 Å². The van der Waals surface area contributed by atoms with E-state index >= 15 is 0 Å². The molecule has 200 valence electrons. The number of anilines is 2. The van der Waals surface area contributed by atoms with Gasteiger partial charge in [0.1, 0.15) is 5.75 Å². The Bertz CT molecular complexity index is 1570. The second kappa shape index (κ2) is 10.4. The third kappa shape index (κ3) is 4.31. The predicted molar refractivity (Wildman–Crippen MR) is 143 cm³/mol. The summed E-state index contributed by atoms with van der Waals surface area (Å²) < 4.78 is 24.5. The molecule has 3 aromatic rings. The van der Waals surface area contributed by atoms with Gasteiger partial charge in [0.25, 0.3) is 29.1 Å². The van der Waals surface area contributed by atoms with E-state index in [2.05, 4.69) is 63.8 Å². The summed E-state index contributed by atoms with van der Waals surface area (Å²) in [5.41, 5.74) is 3.60. The molecular weight excluding hydrogens is 511 g/mol. The minimum Gasteiger partial charge on any atom is -0.481 e. The third-order valence-corrected chi connectivity index (χ3v) is 7.58. The van der Waals surface area contributed by atoms with Crippen LogP contribution in [0.1, 0.15) is 25.7 Å². The van der Waals surface area contributed by atoms with Crippen molar-refractivity contribution in [2.24, 2.45) is 0 Å². The largest absolute Gasteiger partial charge is 0.481 e. The summed E-state index contributed by atoms with van der Waals surface area (Å²) in [5, 5.41) is 0. The number of amides is 3. The fourth-order valence-electron chi connectivity index (χ4n) is 5.63. The average Bonchev–Trinajstić information content (AvgIpc) is 3.24. The molecule has 0 unspecified atom stereocenters. The molecule has 0 atom stereocenters. The number of aryl methyl sites for hydroxylation is 2. The normalized spacial score (nSPS) is 17.1. The van der Waals surface area contributed by atoms with Crippen molar-refractivity contribution in [3.63, 3.8) is 0 Å². The highest BCUT2D eigenvalue weighted by Crippen LogP contribution is 2.41. The number of imide groups is 1. The van der Waals surface area contributed by atoms with Crippen LogP contribution in [-0.2, 0) is 27.5 Å². The lowest BCUT2D eigenvalue weighted by Crippen LogP contribution is -2.52. The maximum absolute atomic E-state index is 14.7. The Labute approximate surface area is 230 Å². The molecule has 0 saturated carbocycles. The molecule has 7 rings (SSSR count). The van der Waals surface area contributed by atoms with Gasteiger partial charge in [-0.2, -0.15) is 9.13 Å². The second-order valence-electron chi connectivity index (χ2n) is 9.91. The van der Waals surface area contributed by atoms with E-state index < -0.39 is 17.6 Å². The number of carbonyl (C=O) groups excluding carboxylic acids is 3. The van der Waals surface area contributed by atoms with Crippen molar-refractivity contribution >= 4 is 29.1 Å². The van der Waals surface area contributed by atoms with Crippen molar-refractivity contribution in [2.45, 2.75) is 38.8 Å². The molecule has 0 saturated heterocycles. The van der Waals surface area contributed by atoms with Gasteiger partial charge in [0.2, 0.25) is 13.1 Å². The molecule has 3 aliphatic heterocycles. The maximum Gasteiger partial charge on any atom is 0.277 e. The lowest BCUT2D eigenvalue weighted by atomic mass is 9.93. The number of terminal acetylenes is 1. The highest BCUT2D eigenvalue weighted by molar-refractivity contribution is 6.33. The van der Waals surface area contributed by atoms with Crippen LogP contribution in [0.3, 0.4) is 0 Å². The van der Waals surface area contributed by atoms with Gasteiger partial charge in [-0.15, -0.1) is 6.42 Å². The Kier molecular flexibility index (Phi) is 6.60. The number of nitrogens with zero attached hydrogens (tertiary/aromatic N) is 4. The average molecular weight is 539 g/mol. The van der Waals surface area contributed by atoms with Gasteiger partial charge in [-0.1, -0.05) is 5.92 Å². The van der Waals surface area contributed by atoms with E-state index in [1.807, 2.05) is 0 Å². The molecule has 3 amide bonds. The number of carbonyl (C=O) groups is 3. The Hall–Kier alpha value is -4.84. The number of aromatic nitrogens is 2.